The molecule has 2 aromatic heterocycles. The number of amides is 1. The number of carbonyl (C=O) groups excluding carboxylic acids is 1. The van der Waals surface area contributed by atoms with E-state index in [9.17, 15) is 4.79 Å². The van der Waals surface area contributed by atoms with Crippen molar-refractivity contribution < 1.29 is 18.7 Å². The molecule has 0 saturated carbocycles. The molecule has 0 bridgehead atoms. The third-order valence-electron chi connectivity index (χ3n) is 4.30. The fraction of sp³-hybridized carbons (Fsp3) is 0.333. The summed E-state index contributed by atoms with van der Waals surface area (Å²) in [5.74, 6) is 1.14. The molecule has 0 spiro atoms. The van der Waals surface area contributed by atoms with Gasteiger partial charge in [0, 0.05) is 25.9 Å². The minimum absolute atomic E-state index is 0.0597. The second-order valence-corrected chi connectivity index (χ2v) is 6.89. The van der Waals surface area contributed by atoms with Crippen molar-refractivity contribution in [2.45, 2.75) is 18.9 Å². The zero-order valence-corrected chi connectivity index (χ0v) is 14.6. The molecular formula is C18H18N2O4S. The number of benzene rings is 1. The van der Waals surface area contributed by atoms with Crippen LogP contribution in [0.3, 0.4) is 0 Å². The molecule has 0 N–H and O–H groups in total. The summed E-state index contributed by atoms with van der Waals surface area (Å²) >= 11 is 1.52. The molecule has 1 aliphatic rings. The molecule has 0 radical (unpaired) electrons. The third-order valence-corrected chi connectivity index (χ3v) is 5.21. The van der Waals surface area contributed by atoms with Gasteiger partial charge in [-0.15, -0.1) is 0 Å². The van der Waals surface area contributed by atoms with Crippen molar-refractivity contribution in [3.05, 3.63) is 42.4 Å². The number of nitrogens with zero attached hydrogens (tertiary/aromatic N) is 2. The number of hydrogen-bond donors (Lipinski definition) is 0. The fourth-order valence-electron chi connectivity index (χ4n) is 2.94. The number of hydrogen-bond acceptors (Lipinski definition) is 6. The number of piperidine rings is 1. The highest BCUT2D eigenvalue weighted by atomic mass is 32.1. The summed E-state index contributed by atoms with van der Waals surface area (Å²) < 4.78 is 17.5. The molecule has 4 rings (SSSR count). The number of fused-ring (bicyclic) bond motifs is 1. The average Bonchev–Trinajstić information content (AvgIpc) is 3.30. The Morgan fingerprint density at radius 1 is 1.32 bits per heavy atom. The Morgan fingerprint density at radius 3 is 2.88 bits per heavy atom. The van der Waals surface area contributed by atoms with Crippen molar-refractivity contribution in [2.24, 2.45) is 0 Å². The summed E-state index contributed by atoms with van der Waals surface area (Å²) in [7, 11) is 1.65. The Balaban J connectivity index is 1.37. The van der Waals surface area contributed by atoms with Crippen LogP contribution in [-0.2, 0) is 0 Å². The molecule has 6 nitrogen and oxygen atoms in total. The highest BCUT2D eigenvalue weighted by molar-refractivity contribution is 7.20. The van der Waals surface area contributed by atoms with Gasteiger partial charge in [0.2, 0.25) is 0 Å². The quantitative estimate of drug-likeness (QED) is 0.713. The summed E-state index contributed by atoms with van der Waals surface area (Å²) in [5, 5.41) is 0.666. The number of rotatable bonds is 4. The first kappa shape index (κ1) is 16.0. The zero-order valence-electron chi connectivity index (χ0n) is 13.8. The van der Waals surface area contributed by atoms with Crippen LogP contribution in [-0.4, -0.2) is 42.1 Å². The molecule has 1 amide bonds. The minimum atomic E-state index is -0.0597. The van der Waals surface area contributed by atoms with E-state index in [0.717, 1.165) is 28.8 Å². The molecule has 1 fully saturated rings. The lowest BCUT2D eigenvalue weighted by atomic mass is 10.1. The van der Waals surface area contributed by atoms with E-state index in [1.807, 2.05) is 23.1 Å². The van der Waals surface area contributed by atoms with E-state index in [2.05, 4.69) is 4.98 Å². The van der Waals surface area contributed by atoms with E-state index >= 15 is 0 Å². The number of aromatic nitrogens is 1. The Labute approximate surface area is 149 Å². The van der Waals surface area contributed by atoms with Gasteiger partial charge in [-0.05, 0) is 30.3 Å². The van der Waals surface area contributed by atoms with Gasteiger partial charge in [0.15, 0.2) is 5.76 Å². The number of thiazole rings is 1. The number of carbonyl (C=O) groups is 1. The van der Waals surface area contributed by atoms with Crippen LogP contribution >= 0.6 is 11.3 Å². The van der Waals surface area contributed by atoms with E-state index in [1.165, 1.54) is 17.6 Å². The van der Waals surface area contributed by atoms with E-state index in [-0.39, 0.29) is 12.0 Å². The fourth-order valence-corrected chi connectivity index (χ4v) is 3.85. The Hall–Kier alpha value is -2.54. The van der Waals surface area contributed by atoms with Crippen LogP contribution in [0.1, 0.15) is 23.4 Å². The molecule has 25 heavy (non-hydrogen) atoms. The van der Waals surface area contributed by atoms with E-state index in [4.69, 9.17) is 13.9 Å². The molecule has 1 aromatic carbocycles. The van der Waals surface area contributed by atoms with Gasteiger partial charge in [0.1, 0.15) is 11.9 Å². The Kier molecular flexibility index (Phi) is 4.31. The van der Waals surface area contributed by atoms with Crippen LogP contribution in [0, 0.1) is 0 Å². The molecule has 1 aliphatic heterocycles. The van der Waals surface area contributed by atoms with Crippen molar-refractivity contribution in [3.63, 3.8) is 0 Å². The standard InChI is InChI=1S/C18H18N2O4S/c1-22-13-4-5-14-16(11-13)25-18(19-14)24-12-6-8-20(9-7-12)17(21)15-3-2-10-23-15/h2-5,10-12H,6-9H2,1H3. The summed E-state index contributed by atoms with van der Waals surface area (Å²) in [5.41, 5.74) is 0.909. The molecule has 0 aliphatic carbocycles. The van der Waals surface area contributed by atoms with Gasteiger partial charge in [-0.3, -0.25) is 4.79 Å². The maximum absolute atomic E-state index is 12.3. The van der Waals surface area contributed by atoms with Gasteiger partial charge in [0.05, 0.1) is 23.6 Å². The highest BCUT2D eigenvalue weighted by Gasteiger charge is 2.26. The smallest absolute Gasteiger partial charge is 0.289 e. The SMILES string of the molecule is COc1ccc2nc(OC3CCN(C(=O)c4ccco4)CC3)sc2c1. The molecule has 1 saturated heterocycles. The van der Waals surface area contributed by atoms with Crippen LogP contribution in [0.25, 0.3) is 10.2 Å². The summed E-state index contributed by atoms with van der Waals surface area (Å²) in [6.45, 7) is 1.31. The molecular weight excluding hydrogens is 340 g/mol. The van der Waals surface area contributed by atoms with Crippen molar-refractivity contribution in [1.29, 1.82) is 0 Å². The molecule has 130 valence electrons. The van der Waals surface area contributed by atoms with Gasteiger partial charge in [-0.2, -0.15) is 0 Å². The number of methoxy groups -OCH3 is 1. The van der Waals surface area contributed by atoms with Gasteiger partial charge in [0.25, 0.3) is 11.1 Å². The van der Waals surface area contributed by atoms with Gasteiger partial charge < -0.3 is 18.8 Å². The van der Waals surface area contributed by atoms with E-state index < -0.39 is 0 Å². The topological polar surface area (TPSA) is 64.8 Å². The van der Waals surface area contributed by atoms with Crippen LogP contribution in [0.4, 0.5) is 0 Å². The van der Waals surface area contributed by atoms with Crippen molar-refractivity contribution in [2.75, 3.05) is 20.2 Å². The normalized spacial score (nSPS) is 15.5. The molecule has 3 heterocycles. The van der Waals surface area contributed by atoms with Gasteiger partial charge in [-0.1, -0.05) is 11.3 Å². The second kappa shape index (κ2) is 6.76. The highest BCUT2D eigenvalue weighted by Crippen LogP contribution is 2.32. The predicted molar refractivity (Wildman–Crippen MR) is 94.4 cm³/mol. The summed E-state index contributed by atoms with van der Waals surface area (Å²) in [6, 6.07) is 9.21. The first-order chi connectivity index (χ1) is 12.2. The van der Waals surface area contributed by atoms with Crippen molar-refractivity contribution >= 4 is 27.5 Å². The first-order valence-electron chi connectivity index (χ1n) is 8.17. The summed E-state index contributed by atoms with van der Waals surface area (Å²) in [4.78, 5) is 18.6. The largest absolute Gasteiger partial charge is 0.497 e. The number of furan rings is 1. The third kappa shape index (κ3) is 3.32. The maximum Gasteiger partial charge on any atom is 0.289 e. The lowest BCUT2D eigenvalue weighted by molar-refractivity contribution is 0.0567. The summed E-state index contributed by atoms with van der Waals surface area (Å²) in [6.07, 6.45) is 3.16. The van der Waals surface area contributed by atoms with E-state index in [0.29, 0.717) is 24.0 Å². The Bertz CT molecular complexity index is 866. The molecule has 3 aromatic rings. The molecule has 7 heteroatoms. The predicted octanol–water partition coefficient (Wildman–Crippen LogP) is 3.58. The van der Waals surface area contributed by atoms with Crippen LogP contribution < -0.4 is 9.47 Å². The number of ether oxygens (including phenoxy) is 2. The van der Waals surface area contributed by atoms with Crippen LogP contribution in [0.2, 0.25) is 0 Å². The zero-order chi connectivity index (χ0) is 17.2. The van der Waals surface area contributed by atoms with Gasteiger partial charge in [-0.25, -0.2) is 4.98 Å². The van der Waals surface area contributed by atoms with Crippen molar-refractivity contribution in [3.8, 4) is 10.9 Å². The van der Waals surface area contributed by atoms with Crippen LogP contribution in [0.5, 0.6) is 10.9 Å². The monoisotopic (exact) mass is 358 g/mol. The lowest BCUT2D eigenvalue weighted by Gasteiger charge is -2.31. The average molecular weight is 358 g/mol. The minimum Gasteiger partial charge on any atom is -0.497 e. The second-order valence-electron chi connectivity index (χ2n) is 5.90. The van der Waals surface area contributed by atoms with Crippen molar-refractivity contribution in [1.82, 2.24) is 9.88 Å². The maximum atomic E-state index is 12.3. The molecule has 0 unspecified atom stereocenters. The van der Waals surface area contributed by atoms with Crippen LogP contribution in [0.15, 0.2) is 41.0 Å². The number of likely N-dealkylation sites (tertiary alicyclic amines) is 1. The molecule has 0 atom stereocenters. The lowest BCUT2D eigenvalue weighted by Crippen LogP contribution is -2.41. The Morgan fingerprint density at radius 2 is 2.16 bits per heavy atom. The first-order valence-corrected chi connectivity index (χ1v) is 8.98. The van der Waals surface area contributed by atoms with E-state index in [1.54, 1.807) is 19.2 Å². The van der Waals surface area contributed by atoms with Gasteiger partial charge >= 0.3 is 0 Å².